The van der Waals surface area contributed by atoms with Gasteiger partial charge in [-0.25, -0.2) is 9.97 Å². The Bertz CT molecular complexity index is 1110. The predicted molar refractivity (Wildman–Crippen MR) is 136 cm³/mol. The van der Waals surface area contributed by atoms with Crippen LogP contribution in [0.25, 0.3) is 11.0 Å². The first-order valence-electron chi connectivity index (χ1n) is 13.1. The van der Waals surface area contributed by atoms with Gasteiger partial charge in [0, 0.05) is 32.3 Å². The summed E-state index contributed by atoms with van der Waals surface area (Å²) in [5, 5.41) is 0.784. The summed E-state index contributed by atoms with van der Waals surface area (Å²) in [4.78, 5) is 22.9. The first-order chi connectivity index (χ1) is 17.5. The molecule has 2 N–H and O–H groups in total. The van der Waals surface area contributed by atoms with Gasteiger partial charge in [-0.3, -0.25) is 9.69 Å². The molecule has 0 saturated carbocycles. The lowest BCUT2D eigenvalue weighted by molar-refractivity contribution is -0.199. The number of nitrogens with two attached hydrogens (primary N) is 1. The van der Waals surface area contributed by atoms with Crippen LogP contribution in [-0.2, 0) is 28.5 Å². The summed E-state index contributed by atoms with van der Waals surface area (Å²) < 4.78 is 32.6. The van der Waals surface area contributed by atoms with Crippen molar-refractivity contribution in [3.8, 4) is 0 Å². The molecular weight excluding hydrogens is 478 g/mol. The van der Waals surface area contributed by atoms with Crippen LogP contribution in [0.5, 0.6) is 0 Å². The Balaban J connectivity index is 1.22. The van der Waals surface area contributed by atoms with E-state index >= 15 is 0 Å². The number of carbonyl (C=O) groups is 1. The monoisotopic (exact) mass is 517 g/mol. The number of nitrogens with zero attached hydrogens (tertiary/aromatic N) is 4. The molecule has 5 rings (SSSR count). The van der Waals surface area contributed by atoms with E-state index in [1.54, 1.807) is 0 Å². The molecule has 0 bridgehead atoms. The van der Waals surface area contributed by atoms with Gasteiger partial charge in [0.15, 0.2) is 12.0 Å². The van der Waals surface area contributed by atoms with Crippen molar-refractivity contribution in [2.45, 2.75) is 95.9 Å². The smallest absolute Gasteiger partial charge is 0.306 e. The van der Waals surface area contributed by atoms with Crippen molar-refractivity contribution in [1.29, 1.82) is 0 Å². The maximum absolute atomic E-state index is 12.0. The number of nitrogen functional groups attached to an aromatic ring is 1. The van der Waals surface area contributed by atoms with E-state index in [1.807, 2.05) is 51.4 Å². The minimum Gasteiger partial charge on any atom is -0.460 e. The number of ether oxygens (including phenoxy) is 5. The van der Waals surface area contributed by atoms with Crippen LogP contribution in [0.1, 0.15) is 60.1 Å². The van der Waals surface area contributed by atoms with E-state index in [0.717, 1.165) is 31.3 Å². The molecule has 3 fully saturated rings. The van der Waals surface area contributed by atoms with Crippen molar-refractivity contribution in [1.82, 2.24) is 19.4 Å². The van der Waals surface area contributed by atoms with E-state index in [1.165, 1.54) is 6.33 Å². The van der Waals surface area contributed by atoms with Gasteiger partial charge in [-0.2, -0.15) is 0 Å². The maximum Gasteiger partial charge on any atom is 0.306 e. The van der Waals surface area contributed by atoms with Crippen molar-refractivity contribution in [2.24, 2.45) is 0 Å². The first kappa shape index (κ1) is 26.3. The molecule has 3 aliphatic rings. The largest absolute Gasteiger partial charge is 0.460 e. The van der Waals surface area contributed by atoms with E-state index < -0.39 is 17.6 Å². The van der Waals surface area contributed by atoms with Crippen molar-refractivity contribution >= 4 is 22.8 Å². The predicted octanol–water partition coefficient (Wildman–Crippen LogP) is 2.64. The van der Waals surface area contributed by atoms with Crippen LogP contribution < -0.4 is 5.73 Å². The summed E-state index contributed by atoms with van der Waals surface area (Å²) in [6, 6.07) is 1.90. The second kappa shape index (κ2) is 10.1. The molecule has 0 amide bonds. The molecular formula is C26H39N5O6. The number of rotatable bonds is 7. The minimum absolute atomic E-state index is 0.0643. The van der Waals surface area contributed by atoms with E-state index in [4.69, 9.17) is 29.4 Å². The fraction of sp³-hybridized carbons (Fsp3) is 0.731. The van der Waals surface area contributed by atoms with Crippen molar-refractivity contribution in [3.63, 3.8) is 0 Å². The van der Waals surface area contributed by atoms with Crippen LogP contribution in [0.15, 0.2) is 18.6 Å². The summed E-state index contributed by atoms with van der Waals surface area (Å²) in [6.45, 7) is 12.4. The van der Waals surface area contributed by atoms with Crippen molar-refractivity contribution in [3.05, 3.63) is 18.6 Å². The zero-order chi connectivity index (χ0) is 26.4. The first-order valence-corrected chi connectivity index (χ1v) is 13.1. The van der Waals surface area contributed by atoms with Gasteiger partial charge in [-0.15, -0.1) is 0 Å². The van der Waals surface area contributed by atoms with E-state index in [-0.39, 0.29) is 30.4 Å². The van der Waals surface area contributed by atoms with Gasteiger partial charge >= 0.3 is 5.97 Å². The van der Waals surface area contributed by atoms with Gasteiger partial charge in [0.05, 0.1) is 18.1 Å². The quantitative estimate of drug-likeness (QED) is 0.548. The summed E-state index contributed by atoms with van der Waals surface area (Å²) in [5.74, 6) is -0.436. The molecule has 0 aliphatic carbocycles. The summed E-state index contributed by atoms with van der Waals surface area (Å²) in [6.07, 6.45) is 4.30. The Morgan fingerprint density at radius 3 is 2.81 bits per heavy atom. The standard InChI is InChI=1S/C26H39N5O6/c1-25(2,3)35-19(32)8-6-7-16-13-30(11-12-33-16)14-18-20-21(37-26(4,5)36-20)24(34-18)31-10-9-17-22(27)28-15-29-23(17)31/h9-10,15-16,18,20-21,24H,6-8,11-14H2,1-5H3,(H2,27,28,29)/t16?,18-,20-,21-,24-/m1/s1. The van der Waals surface area contributed by atoms with Crippen LogP contribution in [-0.4, -0.2) is 87.4 Å². The van der Waals surface area contributed by atoms with E-state index in [0.29, 0.717) is 31.0 Å². The fourth-order valence-corrected chi connectivity index (χ4v) is 5.47. The SMILES string of the molecule is CC(C)(C)OC(=O)CCCC1CN(C[C@H]2O[C@@H](n3ccc4c(N)ncnc43)[C@@H]3OC(C)(C)O[C@@H]32)CCO1. The molecule has 2 aromatic heterocycles. The number of anilines is 1. The molecule has 11 nitrogen and oxygen atoms in total. The van der Waals surface area contributed by atoms with Gasteiger partial charge in [-0.1, -0.05) is 0 Å². The Labute approximate surface area is 217 Å². The lowest BCUT2D eigenvalue weighted by Gasteiger charge is -2.35. The van der Waals surface area contributed by atoms with Crippen LogP contribution in [0.2, 0.25) is 0 Å². The molecule has 3 saturated heterocycles. The topological polar surface area (TPSA) is 123 Å². The minimum atomic E-state index is -0.707. The van der Waals surface area contributed by atoms with Gasteiger partial charge in [-0.05, 0) is 53.5 Å². The maximum atomic E-state index is 12.0. The number of aromatic nitrogens is 3. The molecule has 0 spiro atoms. The highest BCUT2D eigenvalue weighted by Crippen LogP contribution is 2.44. The van der Waals surface area contributed by atoms with E-state index in [9.17, 15) is 4.79 Å². The molecule has 5 heterocycles. The highest BCUT2D eigenvalue weighted by Gasteiger charge is 2.56. The Morgan fingerprint density at radius 1 is 1.24 bits per heavy atom. The number of morpholine rings is 1. The molecule has 0 radical (unpaired) electrons. The lowest BCUT2D eigenvalue weighted by Crippen LogP contribution is -2.48. The van der Waals surface area contributed by atoms with Crippen LogP contribution in [0.4, 0.5) is 5.82 Å². The van der Waals surface area contributed by atoms with Gasteiger partial charge in [0.1, 0.15) is 41.7 Å². The molecule has 0 aromatic carbocycles. The zero-order valence-corrected chi connectivity index (χ0v) is 22.4. The zero-order valence-electron chi connectivity index (χ0n) is 22.4. The fourth-order valence-electron chi connectivity index (χ4n) is 5.47. The molecule has 2 aromatic rings. The van der Waals surface area contributed by atoms with Crippen LogP contribution >= 0.6 is 0 Å². The van der Waals surface area contributed by atoms with Gasteiger partial charge < -0.3 is 34.0 Å². The van der Waals surface area contributed by atoms with Crippen LogP contribution in [0.3, 0.4) is 0 Å². The normalized spacial score (nSPS) is 30.0. The number of hydrogen-bond donors (Lipinski definition) is 1. The molecule has 1 unspecified atom stereocenters. The third-order valence-electron chi connectivity index (χ3n) is 6.93. The van der Waals surface area contributed by atoms with Gasteiger partial charge in [0.2, 0.25) is 0 Å². The third-order valence-corrected chi connectivity index (χ3v) is 6.93. The Kier molecular flexibility index (Phi) is 7.18. The van der Waals surface area contributed by atoms with Crippen molar-refractivity contribution < 1.29 is 28.5 Å². The second-order valence-electron chi connectivity index (χ2n) is 11.6. The number of esters is 1. The summed E-state index contributed by atoms with van der Waals surface area (Å²) >= 11 is 0. The average Bonchev–Trinajstić information content (AvgIpc) is 3.45. The third kappa shape index (κ3) is 5.91. The molecule has 3 aliphatic heterocycles. The number of fused-ring (bicyclic) bond motifs is 2. The van der Waals surface area contributed by atoms with Crippen LogP contribution in [0, 0.1) is 0 Å². The number of hydrogen-bond acceptors (Lipinski definition) is 10. The molecule has 11 heteroatoms. The van der Waals surface area contributed by atoms with Gasteiger partial charge in [0.25, 0.3) is 0 Å². The second-order valence-corrected chi connectivity index (χ2v) is 11.6. The summed E-state index contributed by atoms with van der Waals surface area (Å²) in [5.41, 5.74) is 6.31. The Hall–Kier alpha value is -2.31. The molecule has 204 valence electrons. The van der Waals surface area contributed by atoms with Crippen molar-refractivity contribution in [2.75, 3.05) is 32.0 Å². The highest BCUT2D eigenvalue weighted by molar-refractivity contribution is 5.86. The number of carbonyl (C=O) groups excluding carboxylic acids is 1. The summed E-state index contributed by atoms with van der Waals surface area (Å²) in [7, 11) is 0. The lowest BCUT2D eigenvalue weighted by atomic mass is 10.1. The molecule has 37 heavy (non-hydrogen) atoms. The average molecular weight is 518 g/mol. The molecule has 5 atom stereocenters. The highest BCUT2D eigenvalue weighted by atomic mass is 16.8. The Morgan fingerprint density at radius 2 is 2.03 bits per heavy atom. The van der Waals surface area contributed by atoms with E-state index in [2.05, 4.69) is 14.9 Å².